The number of aryl methyl sites for hydroxylation is 1. The number of benzene rings is 1. The SMILES string of the molecule is Cc1cc(Nc2cncc(C(=O)N(C)Cc3ccccc3)c2)no1. The first-order chi connectivity index (χ1) is 11.6. The van der Waals surface area contributed by atoms with Crippen LogP contribution in [0, 0.1) is 6.92 Å². The zero-order chi connectivity index (χ0) is 16.9. The molecule has 0 saturated carbocycles. The van der Waals surface area contributed by atoms with Gasteiger partial charge in [0, 0.05) is 25.9 Å². The van der Waals surface area contributed by atoms with Gasteiger partial charge in [0.1, 0.15) is 5.76 Å². The van der Waals surface area contributed by atoms with Gasteiger partial charge < -0.3 is 14.7 Å². The van der Waals surface area contributed by atoms with Gasteiger partial charge in [0.05, 0.1) is 17.4 Å². The van der Waals surface area contributed by atoms with Crippen molar-refractivity contribution in [2.75, 3.05) is 12.4 Å². The van der Waals surface area contributed by atoms with Gasteiger partial charge in [-0.3, -0.25) is 9.78 Å². The van der Waals surface area contributed by atoms with Crippen molar-refractivity contribution >= 4 is 17.4 Å². The Morgan fingerprint density at radius 1 is 1.21 bits per heavy atom. The lowest BCUT2D eigenvalue weighted by Gasteiger charge is -2.17. The van der Waals surface area contributed by atoms with Crippen LogP contribution in [0.1, 0.15) is 21.7 Å². The Bertz CT molecular complexity index is 830. The lowest BCUT2D eigenvalue weighted by Crippen LogP contribution is -2.26. The predicted octanol–water partition coefficient (Wildman–Crippen LogP) is 3.39. The highest BCUT2D eigenvalue weighted by Gasteiger charge is 2.13. The summed E-state index contributed by atoms with van der Waals surface area (Å²) in [4.78, 5) is 18.4. The largest absolute Gasteiger partial charge is 0.360 e. The maximum Gasteiger partial charge on any atom is 0.255 e. The molecule has 122 valence electrons. The number of pyridine rings is 1. The van der Waals surface area contributed by atoms with Gasteiger partial charge in [0.15, 0.2) is 5.82 Å². The van der Waals surface area contributed by atoms with Gasteiger partial charge in [-0.15, -0.1) is 0 Å². The Labute approximate surface area is 140 Å². The van der Waals surface area contributed by atoms with Gasteiger partial charge in [-0.25, -0.2) is 0 Å². The van der Waals surface area contributed by atoms with E-state index in [-0.39, 0.29) is 5.91 Å². The summed E-state index contributed by atoms with van der Waals surface area (Å²) in [5.41, 5.74) is 2.27. The fraction of sp³-hybridized carbons (Fsp3) is 0.167. The number of amides is 1. The van der Waals surface area contributed by atoms with E-state index in [1.165, 1.54) is 0 Å². The highest BCUT2D eigenvalue weighted by atomic mass is 16.5. The molecule has 2 heterocycles. The topological polar surface area (TPSA) is 71.3 Å². The van der Waals surface area contributed by atoms with Crippen molar-refractivity contribution in [1.82, 2.24) is 15.0 Å². The Hall–Kier alpha value is -3.15. The minimum absolute atomic E-state index is 0.0914. The number of carbonyl (C=O) groups excluding carboxylic acids is 1. The molecule has 2 aromatic heterocycles. The first-order valence-corrected chi connectivity index (χ1v) is 7.56. The molecule has 0 aliphatic carbocycles. The van der Waals surface area contributed by atoms with Crippen LogP contribution in [0.15, 0.2) is 59.4 Å². The third-order valence-electron chi connectivity index (χ3n) is 3.49. The van der Waals surface area contributed by atoms with E-state index in [0.717, 1.165) is 5.56 Å². The molecule has 6 nitrogen and oxygen atoms in total. The minimum Gasteiger partial charge on any atom is -0.360 e. The second kappa shape index (κ2) is 6.95. The Morgan fingerprint density at radius 3 is 2.71 bits per heavy atom. The van der Waals surface area contributed by atoms with Gasteiger partial charge in [-0.2, -0.15) is 0 Å². The van der Waals surface area contributed by atoms with E-state index in [1.54, 1.807) is 36.5 Å². The molecule has 0 bridgehead atoms. The van der Waals surface area contributed by atoms with E-state index in [0.29, 0.717) is 29.4 Å². The molecule has 0 saturated heterocycles. The molecular weight excluding hydrogens is 304 g/mol. The predicted molar refractivity (Wildman–Crippen MR) is 91.0 cm³/mol. The van der Waals surface area contributed by atoms with E-state index in [1.807, 2.05) is 37.3 Å². The molecule has 3 rings (SSSR count). The van der Waals surface area contributed by atoms with Crippen LogP contribution in [-0.4, -0.2) is 28.0 Å². The molecule has 1 N–H and O–H groups in total. The Kier molecular flexibility index (Phi) is 4.56. The van der Waals surface area contributed by atoms with Crippen LogP contribution in [0.4, 0.5) is 11.5 Å². The number of nitrogens with one attached hydrogen (secondary N) is 1. The smallest absolute Gasteiger partial charge is 0.255 e. The summed E-state index contributed by atoms with van der Waals surface area (Å²) in [6, 6.07) is 13.4. The molecule has 24 heavy (non-hydrogen) atoms. The lowest BCUT2D eigenvalue weighted by molar-refractivity contribution is 0.0784. The van der Waals surface area contributed by atoms with Crippen LogP contribution in [0.5, 0.6) is 0 Å². The number of aromatic nitrogens is 2. The van der Waals surface area contributed by atoms with Gasteiger partial charge in [0.2, 0.25) is 0 Å². The van der Waals surface area contributed by atoms with E-state index < -0.39 is 0 Å². The number of anilines is 2. The lowest BCUT2D eigenvalue weighted by atomic mass is 10.2. The normalized spacial score (nSPS) is 10.4. The number of hydrogen-bond acceptors (Lipinski definition) is 5. The fourth-order valence-electron chi connectivity index (χ4n) is 2.35. The van der Waals surface area contributed by atoms with Crippen molar-refractivity contribution in [3.63, 3.8) is 0 Å². The number of rotatable bonds is 5. The van der Waals surface area contributed by atoms with Crippen molar-refractivity contribution in [2.45, 2.75) is 13.5 Å². The quantitative estimate of drug-likeness (QED) is 0.779. The molecule has 0 fully saturated rings. The fourth-order valence-corrected chi connectivity index (χ4v) is 2.35. The molecule has 6 heteroatoms. The molecule has 0 atom stereocenters. The van der Waals surface area contributed by atoms with E-state index in [2.05, 4.69) is 15.5 Å². The summed E-state index contributed by atoms with van der Waals surface area (Å²) in [6.45, 7) is 2.36. The van der Waals surface area contributed by atoms with Crippen LogP contribution >= 0.6 is 0 Å². The monoisotopic (exact) mass is 322 g/mol. The van der Waals surface area contributed by atoms with Crippen LogP contribution in [0.25, 0.3) is 0 Å². The molecule has 0 radical (unpaired) electrons. The molecule has 1 aromatic carbocycles. The van der Waals surface area contributed by atoms with Crippen molar-refractivity contribution in [3.8, 4) is 0 Å². The second-order valence-electron chi connectivity index (χ2n) is 5.56. The molecule has 1 amide bonds. The van der Waals surface area contributed by atoms with Gasteiger partial charge in [-0.1, -0.05) is 35.5 Å². The van der Waals surface area contributed by atoms with E-state index in [4.69, 9.17) is 4.52 Å². The Balaban J connectivity index is 1.71. The van der Waals surface area contributed by atoms with Crippen molar-refractivity contribution in [3.05, 3.63) is 71.7 Å². The first kappa shape index (κ1) is 15.7. The minimum atomic E-state index is -0.0914. The molecule has 0 aliphatic rings. The van der Waals surface area contributed by atoms with Crippen molar-refractivity contribution in [1.29, 1.82) is 0 Å². The molecule has 0 spiro atoms. The molecule has 0 unspecified atom stereocenters. The highest BCUT2D eigenvalue weighted by molar-refractivity contribution is 5.94. The summed E-state index contributed by atoms with van der Waals surface area (Å²) in [7, 11) is 1.77. The van der Waals surface area contributed by atoms with Crippen LogP contribution < -0.4 is 5.32 Å². The summed E-state index contributed by atoms with van der Waals surface area (Å²) in [5, 5.41) is 6.94. The molecule has 0 aliphatic heterocycles. The van der Waals surface area contributed by atoms with E-state index in [9.17, 15) is 4.79 Å². The zero-order valence-electron chi connectivity index (χ0n) is 13.6. The average molecular weight is 322 g/mol. The average Bonchev–Trinajstić information content (AvgIpc) is 3.00. The third-order valence-corrected chi connectivity index (χ3v) is 3.49. The van der Waals surface area contributed by atoms with Crippen molar-refractivity contribution in [2.24, 2.45) is 0 Å². The maximum atomic E-state index is 12.6. The summed E-state index contributed by atoms with van der Waals surface area (Å²) in [5.74, 6) is 1.20. The maximum absolute atomic E-state index is 12.6. The van der Waals surface area contributed by atoms with Gasteiger partial charge in [0.25, 0.3) is 5.91 Å². The zero-order valence-corrected chi connectivity index (χ0v) is 13.6. The highest BCUT2D eigenvalue weighted by Crippen LogP contribution is 2.17. The summed E-state index contributed by atoms with van der Waals surface area (Å²) < 4.78 is 5.01. The standard InChI is InChI=1S/C18H18N4O2/c1-13-8-17(21-24-13)20-16-9-15(10-19-11-16)18(23)22(2)12-14-6-4-3-5-7-14/h3-11H,12H2,1-2H3,(H,20,21). The van der Waals surface area contributed by atoms with Gasteiger partial charge >= 0.3 is 0 Å². The third kappa shape index (κ3) is 3.78. The van der Waals surface area contributed by atoms with Crippen molar-refractivity contribution < 1.29 is 9.32 Å². The summed E-state index contributed by atoms with van der Waals surface area (Å²) in [6.07, 6.45) is 3.20. The number of hydrogen-bond donors (Lipinski definition) is 1. The Morgan fingerprint density at radius 2 is 2.00 bits per heavy atom. The van der Waals surface area contributed by atoms with Gasteiger partial charge in [-0.05, 0) is 18.6 Å². The number of nitrogens with zero attached hydrogens (tertiary/aromatic N) is 3. The molecule has 3 aromatic rings. The van der Waals surface area contributed by atoms with E-state index >= 15 is 0 Å². The summed E-state index contributed by atoms with van der Waals surface area (Å²) >= 11 is 0. The van der Waals surface area contributed by atoms with Crippen LogP contribution in [0.3, 0.4) is 0 Å². The second-order valence-corrected chi connectivity index (χ2v) is 5.56. The van der Waals surface area contributed by atoms with Crippen LogP contribution in [0.2, 0.25) is 0 Å². The van der Waals surface area contributed by atoms with Crippen LogP contribution in [-0.2, 0) is 6.54 Å². The number of carbonyl (C=O) groups is 1. The first-order valence-electron chi connectivity index (χ1n) is 7.56. The molecular formula is C18H18N4O2.